The quantitative estimate of drug-likeness (QED) is 0.501. The predicted molar refractivity (Wildman–Crippen MR) is 107 cm³/mol. The van der Waals surface area contributed by atoms with Crippen molar-refractivity contribution in [1.82, 2.24) is 0 Å². The van der Waals surface area contributed by atoms with Gasteiger partial charge in [0.15, 0.2) is 0 Å². The van der Waals surface area contributed by atoms with E-state index in [1.165, 1.54) is 46.0 Å². The Bertz CT molecular complexity index is 668. The molecule has 0 aromatic rings. The van der Waals surface area contributed by atoms with Crippen LogP contribution in [0.4, 0.5) is 0 Å². The van der Waals surface area contributed by atoms with Crippen LogP contribution in [0.5, 0.6) is 0 Å². The van der Waals surface area contributed by atoms with E-state index in [1.807, 2.05) is 0 Å². The topological polar surface area (TPSA) is 52.6 Å². The molecule has 0 aliphatic heterocycles. The number of carbonyl (C=O) groups is 2. The summed E-state index contributed by atoms with van der Waals surface area (Å²) in [6.45, 7) is 7.62. The Morgan fingerprint density at radius 1 is 1.04 bits per heavy atom. The van der Waals surface area contributed by atoms with Crippen LogP contribution in [0.2, 0.25) is 0 Å². The molecule has 0 spiro atoms. The van der Waals surface area contributed by atoms with Gasteiger partial charge in [-0.05, 0) is 86.9 Å². The highest BCUT2D eigenvalue weighted by Gasteiger charge is 2.55. The van der Waals surface area contributed by atoms with Crippen LogP contribution < -0.4 is 0 Å². The molecule has 4 aliphatic carbocycles. The first-order valence-corrected chi connectivity index (χ1v) is 11.3. The van der Waals surface area contributed by atoms with Crippen molar-refractivity contribution in [1.29, 1.82) is 0 Å². The standard InChI is InChI=1S/C24H36O4/c1-14(27-15(2)25)19-7-8-21-20(19)9-10-23-22(21)6-5-17-13-18(28-16(3)26)11-12-24(17,23)4/h5,14,18-23H,6-13H2,1-4H3/t14?,18-,19+,20+,21?,22?,23?,24-/m0/s1. The molecule has 0 bridgehead atoms. The second-order valence-electron chi connectivity index (χ2n) is 10.1. The molecule has 0 saturated heterocycles. The molecule has 4 heteroatoms. The lowest BCUT2D eigenvalue weighted by molar-refractivity contribution is -0.150. The summed E-state index contributed by atoms with van der Waals surface area (Å²) in [6, 6.07) is 0. The lowest BCUT2D eigenvalue weighted by Gasteiger charge is -2.55. The zero-order valence-electron chi connectivity index (χ0n) is 17.9. The maximum Gasteiger partial charge on any atom is 0.302 e. The summed E-state index contributed by atoms with van der Waals surface area (Å²) in [6.07, 6.45) is 11.9. The predicted octanol–water partition coefficient (Wildman–Crippen LogP) is 5.06. The first-order valence-electron chi connectivity index (χ1n) is 11.3. The van der Waals surface area contributed by atoms with Gasteiger partial charge < -0.3 is 9.47 Å². The summed E-state index contributed by atoms with van der Waals surface area (Å²) in [5.74, 6) is 3.26. The van der Waals surface area contributed by atoms with Crippen molar-refractivity contribution in [2.75, 3.05) is 0 Å². The van der Waals surface area contributed by atoms with Crippen molar-refractivity contribution >= 4 is 11.9 Å². The Morgan fingerprint density at radius 2 is 1.79 bits per heavy atom. The fraction of sp³-hybridized carbons (Fsp3) is 0.833. The highest BCUT2D eigenvalue weighted by atomic mass is 16.5. The highest BCUT2D eigenvalue weighted by Crippen LogP contribution is 2.62. The summed E-state index contributed by atoms with van der Waals surface area (Å²) in [5.41, 5.74) is 1.83. The molecule has 4 rings (SSSR count). The van der Waals surface area contributed by atoms with Gasteiger partial charge in [-0.25, -0.2) is 0 Å². The van der Waals surface area contributed by atoms with E-state index in [2.05, 4.69) is 19.9 Å². The van der Waals surface area contributed by atoms with Gasteiger partial charge in [-0.3, -0.25) is 9.59 Å². The minimum absolute atomic E-state index is 0.0495. The van der Waals surface area contributed by atoms with Gasteiger partial charge in [-0.2, -0.15) is 0 Å². The number of carbonyl (C=O) groups excluding carboxylic acids is 2. The van der Waals surface area contributed by atoms with Gasteiger partial charge in [-0.15, -0.1) is 0 Å². The summed E-state index contributed by atoms with van der Waals surface area (Å²) >= 11 is 0. The molecule has 28 heavy (non-hydrogen) atoms. The van der Waals surface area contributed by atoms with Crippen LogP contribution in [0, 0.1) is 35.0 Å². The van der Waals surface area contributed by atoms with E-state index < -0.39 is 0 Å². The molecular weight excluding hydrogens is 352 g/mol. The summed E-state index contributed by atoms with van der Waals surface area (Å²) in [7, 11) is 0. The van der Waals surface area contributed by atoms with Gasteiger partial charge >= 0.3 is 11.9 Å². The number of hydrogen-bond acceptors (Lipinski definition) is 4. The summed E-state index contributed by atoms with van der Waals surface area (Å²) in [5, 5.41) is 0. The maximum atomic E-state index is 11.4. The Kier molecular flexibility index (Phi) is 5.35. The van der Waals surface area contributed by atoms with Crippen molar-refractivity contribution in [2.24, 2.45) is 35.0 Å². The van der Waals surface area contributed by atoms with Crippen LogP contribution >= 0.6 is 0 Å². The summed E-state index contributed by atoms with van der Waals surface area (Å²) < 4.78 is 11.1. The van der Waals surface area contributed by atoms with Gasteiger partial charge in [-0.1, -0.05) is 18.6 Å². The Labute approximate surface area is 169 Å². The molecular formula is C24H36O4. The van der Waals surface area contributed by atoms with Crippen molar-refractivity contribution < 1.29 is 19.1 Å². The number of ether oxygens (including phenoxy) is 2. The Morgan fingerprint density at radius 3 is 2.50 bits per heavy atom. The number of fused-ring (bicyclic) bond motifs is 5. The van der Waals surface area contributed by atoms with Crippen LogP contribution in [-0.4, -0.2) is 24.1 Å². The molecule has 0 radical (unpaired) electrons. The molecule has 3 fully saturated rings. The molecule has 0 heterocycles. The highest BCUT2D eigenvalue weighted by molar-refractivity contribution is 5.66. The van der Waals surface area contributed by atoms with Crippen molar-refractivity contribution in [2.45, 2.75) is 91.3 Å². The first kappa shape index (κ1) is 20.0. The lowest BCUT2D eigenvalue weighted by Crippen LogP contribution is -2.48. The lowest BCUT2D eigenvalue weighted by atomic mass is 9.50. The van der Waals surface area contributed by atoms with E-state index in [0.717, 1.165) is 37.0 Å². The van der Waals surface area contributed by atoms with Crippen molar-refractivity contribution in [3.8, 4) is 0 Å². The van der Waals surface area contributed by atoms with Gasteiger partial charge in [0.2, 0.25) is 0 Å². The van der Waals surface area contributed by atoms with Gasteiger partial charge in [0.1, 0.15) is 12.2 Å². The van der Waals surface area contributed by atoms with E-state index in [1.54, 1.807) is 5.57 Å². The van der Waals surface area contributed by atoms with Gasteiger partial charge in [0, 0.05) is 20.3 Å². The normalized spacial score (nSPS) is 43.1. The largest absolute Gasteiger partial charge is 0.463 e. The zero-order chi connectivity index (χ0) is 20.1. The second kappa shape index (κ2) is 7.50. The molecule has 0 amide bonds. The van der Waals surface area contributed by atoms with Gasteiger partial charge in [0.05, 0.1) is 0 Å². The fourth-order valence-corrected chi connectivity index (χ4v) is 7.59. The number of hydrogen-bond donors (Lipinski definition) is 0. The van der Waals surface area contributed by atoms with E-state index in [4.69, 9.17) is 9.47 Å². The smallest absolute Gasteiger partial charge is 0.302 e. The Hall–Kier alpha value is -1.32. The molecule has 3 saturated carbocycles. The minimum Gasteiger partial charge on any atom is -0.463 e. The van der Waals surface area contributed by atoms with Crippen LogP contribution in [0.3, 0.4) is 0 Å². The third-order valence-corrected chi connectivity index (χ3v) is 8.72. The maximum absolute atomic E-state index is 11.4. The van der Waals surface area contributed by atoms with Crippen molar-refractivity contribution in [3.63, 3.8) is 0 Å². The average molecular weight is 389 g/mol. The number of allylic oxidation sites excluding steroid dienone is 1. The van der Waals surface area contributed by atoms with Gasteiger partial charge in [0.25, 0.3) is 0 Å². The second-order valence-corrected chi connectivity index (χ2v) is 10.1. The third kappa shape index (κ3) is 3.41. The average Bonchev–Trinajstić information content (AvgIpc) is 3.05. The number of esters is 2. The SMILES string of the molecule is CC(=O)OC(C)[C@H]1CCC2C3CC=C4C[C@@H](OC(C)=O)CC[C@]4(C)C3CC[C@@H]21. The van der Waals surface area contributed by atoms with E-state index in [0.29, 0.717) is 11.8 Å². The van der Waals surface area contributed by atoms with E-state index >= 15 is 0 Å². The van der Waals surface area contributed by atoms with Crippen LogP contribution in [-0.2, 0) is 19.1 Å². The third-order valence-electron chi connectivity index (χ3n) is 8.72. The van der Waals surface area contributed by atoms with Crippen LogP contribution in [0.1, 0.15) is 79.1 Å². The molecule has 0 aromatic carbocycles. The Balaban J connectivity index is 1.49. The minimum atomic E-state index is -0.151. The van der Waals surface area contributed by atoms with E-state index in [-0.39, 0.29) is 29.6 Å². The van der Waals surface area contributed by atoms with Crippen LogP contribution in [0.15, 0.2) is 11.6 Å². The first-order chi connectivity index (χ1) is 13.3. The van der Waals surface area contributed by atoms with Crippen molar-refractivity contribution in [3.05, 3.63) is 11.6 Å². The zero-order valence-corrected chi connectivity index (χ0v) is 17.9. The molecule has 0 N–H and O–H groups in total. The molecule has 4 aliphatic rings. The van der Waals surface area contributed by atoms with Crippen LogP contribution in [0.25, 0.3) is 0 Å². The number of rotatable bonds is 3. The molecule has 0 aromatic heterocycles. The molecule has 4 nitrogen and oxygen atoms in total. The molecule has 156 valence electrons. The monoisotopic (exact) mass is 388 g/mol. The summed E-state index contributed by atoms with van der Waals surface area (Å²) in [4.78, 5) is 22.8. The molecule has 4 unspecified atom stereocenters. The molecule has 8 atom stereocenters. The van der Waals surface area contributed by atoms with E-state index in [9.17, 15) is 9.59 Å². The fourth-order valence-electron chi connectivity index (χ4n) is 7.59.